The van der Waals surface area contributed by atoms with Gasteiger partial charge in [0, 0.05) is 25.2 Å². The third kappa shape index (κ3) is 2.86. The van der Waals surface area contributed by atoms with Crippen molar-refractivity contribution in [3.8, 4) is 11.5 Å². The van der Waals surface area contributed by atoms with Gasteiger partial charge in [-0.15, -0.1) is 12.4 Å². The number of likely N-dealkylation sites (tertiary alicyclic amines) is 1. The van der Waals surface area contributed by atoms with Crippen molar-refractivity contribution in [2.24, 2.45) is 5.73 Å². The highest BCUT2D eigenvalue weighted by molar-refractivity contribution is 5.93. The molecule has 2 aromatic heterocycles. The molecule has 0 radical (unpaired) electrons. The lowest BCUT2D eigenvalue weighted by molar-refractivity contribution is 0.0698. The molecule has 1 saturated heterocycles. The topological polar surface area (TPSA) is 85.5 Å². The fraction of sp³-hybridized carbons (Fsp3) is 0.385. The van der Waals surface area contributed by atoms with Crippen molar-refractivity contribution in [3.05, 3.63) is 30.2 Å². The summed E-state index contributed by atoms with van der Waals surface area (Å²) in [5.74, 6) is 0.869. The third-order valence-electron chi connectivity index (χ3n) is 3.24. The third-order valence-corrected chi connectivity index (χ3v) is 3.24. The van der Waals surface area contributed by atoms with E-state index in [-0.39, 0.29) is 24.4 Å². The standard InChI is InChI=1S/C13H15N3O3.ClH/c14-9-3-1-5-16(8-9)13(17)10-7-12(19-15-10)11-4-2-6-18-11;/h2,4,6-7,9H,1,3,5,8,14H2;1H. The summed E-state index contributed by atoms with van der Waals surface area (Å²) >= 11 is 0. The van der Waals surface area contributed by atoms with E-state index < -0.39 is 0 Å². The Morgan fingerprint density at radius 2 is 2.30 bits per heavy atom. The molecule has 2 N–H and O–H groups in total. The predicted molar refractivity (Wildman–Crippen MR) is 74.6 cm³/mol. The van der Waals surface area contributed by atoms with Crippen molar-refractivity contribution in [2.45, 2.75) is 18.9 Å². The molecule has 0 aliphatic carbocycles. The summed E-state index contributed by atoms with van der Waals surface area (Å²) in [4.78, 5) is 14.0. The number of nitrogens with two attached hydrogens (primary N) is 1. The molecule has 1 aliphatic heterocycles. The van der Waals surface area contributed by atoms with E-state index >= 15 is 0 Å². The minimum Gasteiger partial charge on any atom is -0.461 e. The fourth-order valence-corrected chi connectivity index (χ4v) is 2.27. The van der Waals surface area contributed by atoms with Crippen molar-refractivity contribution in [1.82, 2.24) is 10.1 Å². The molecule has 108 valence electrons. The van der Waals surface area contributed by atoms with Gasteiger partial charge in [0.1, 0.15) is 0 Å². The Morgan fingerprint density at radius 1 is 1.45 bits per heavy atom. The van der Waals surface area contributed by atoms with E-state index in [1.54, 1.807) is 29.4 Å². The van der Waals surface area contributed by atoms with Crippen molar-refractivity contribution < 1.29 is 13.7 Å². The summed E-state index contributed by atoms with van der Waals surface area (Å²) in [6.45, 7) is 1.29. The molecule has 1 amide bonds. The molecule has 3 heterocycles. The van der Waals surface area contributed by atoms with Crippen LogP contribution in [-0.2, 0) is 0 Å². The average molecular weight is 298 g/mol. The van der Waals surface area contributed by atoms with Gasteiger partial charge in [0.05, 0.1) is 6.26 Å². The van der Waals surface area contributed by atoms with Crippen molar-refractivity contribution in [2.75, 3.05) is 13.1 Å². The SMILES string of the molecule is Cl.NC1CCCN(C(=O)c2cc(-c3ccco3)on2)C1. The van der Waals surface area contributed by atoms with Crippen molar-refractivity contribution in [1.29, 1.82) is 0 Å². The molecule has 3 rings (SSSR count). The van der Waals surface area contributed by atoms with Crippen LogP contribution in [0, 0.1) is 0 Å². The van der Waals surface area contributed by atoms with Gasteiger partial charge in [-0.2, -0.15) is 0 Å². The van der Waals surface area contributed by atoms with Gasteiger partial charge in [-0.3, -0.25) is 4.79 Å². The molecule has 0 spiro atoms. The summed E-state index contributed by atoms with van der Waals surface area (Å²) in [5, 5.41) is 3.81. The second-order valence-corrected chi connectivity index (χ2v) is 4.71. The Morgan fingerprint density at radius 3 is 3.00 bits per heavy atom. The normalized spacial score (nSPS) is 18.6. The van der Waals surface area contributed by atoms with Gasteiger partial charge < -0.3 is 19.6 Å². The molecule has 1 atom stereocenters. The lowest BCUT2D eigenvalue weighted by Gasteiger charge is -2.29. The molecule has 1 aliphatic rings. The number of hydrogen-bond acceptors (Lipinski definition) is 5. The van der Waals surface area contributed by atoms with Crippen LogP contribution in [-0.4, -0.2) is 35.1 Å². The highest BCUT2D eigenvalue weighted by atomic mass is 35.5. The van der Waals surface area contributed by atoms with Crippen LogP contribution in [0.2, 0.25) is 0 Å². The van der Waals surface area contributed by atoms with Gasteiger partial charge in [0.25, 0.3) is 5.91 Å². The molecule has 1 fully saturated rings. The number of carbonyl (C=O) groups excluding carboxylic acids is 1. The summed E-state index contributed by atoms with van der Waals surface area (Å²) in [6, 6.07) is 5.16. The van der Waals surface area contributed by atoms with E-state index in [2.05, 4.69) is 5.16 Å². The number of nitrogens with zero attached hydrogens (tertiary/aromatic N) is 2. The predicted octanol–water partition coefficient (Wildman–Crippen LogP) is 1.92. The second kappa shape index (κ2) is 6.11. The second-order valence-electron chi connectivity index (χ2n) is 4.71. The number of rotatable bonds is 2. The van der Waals surface area contributed by atoms with Gasteiger partial charge in [-0.05, 0) is 25.0 Å². The lowest BCUT2D eigenvalue weighted by Crippen LogP contribution is -2.45. The number of piperidine rings is 1. The zero-order chi connectivity index (χ0) is 13.2. The molecule has 6 nitrogen and oxygen atoms in total. The summed E-state index contributed by atoms with van der Waals surface area (Å²) in [5.41, 5.74) is 6.16. The van der Waals surface area contributed by atoms with Crippen LogP contribution in [0.5, 0.6) is 0 Å². The van der Waals surface area contributed by atoms with Gasteiger partial charge in [0.15, 0.2) is 11.5 Å². The van der Waals surface area contributed by atoms with Gasteiger partial charge >= 0.3 is 0 Å². The zero-order valence-corrected chi connectivity index (χ0v) is 11.6. The first-order valence-electron chi connectivity index (χ1n) is 6.29. The first-order chi connectivity index (χ1) is 9.24. The van der Waals surface area contributed by atoms with Gasteiger partial charge in [-0.1, -0.05) is 5.16 Å². The number of halogens is 1. The Kier molecular flexibility index (Phi) is 4.46. The number of aromatic nitrogens is 1. The monoisotopic (exact) mass is 297 g/mol. The van der Waals surface area contributed by atoms with E-state index in [0.29, 0.717) is 23.8 Å². The highest BCUT2D eigenvalue weighted by Crippen LogP contribution is 2.21. The maximum atomic E-state index is 12.2. The minimum atomic E-state index is -0.142. The van der Waals surface area contributed by atoms with Crippen LogP contribution >= 0.6 is 12.4 Å². The maximum absolute atomic E-state index is 12.2. The van der Waals surface area contributed by atoms with Crippen LogP contribution in [0.15, 0.2) is 33.4 Å². The number of furan rings is 1. The molecule has 2 aromatic rings. The smallest absolute Gasteiger partial charge is 0.276 e. The van der Waals surface area contributed by atoms with Gasteiger partial charge in [0.2, 0.25) is 5.76 Å². The van der Waals surface area contributed by atoms with Crippen molar-refractivity contribution in [3.63, 3.8) is 0 Å². The van der Waals surface area contributed by atoms with E-state index in [9.17, 15) is 4.79 Å². The van der Waals surface area contributed by atoms with E-state index in [4.69, 9.17) is 14.7 Å². The molecule has 20 heavy (non-hydrogen) atoms. The minimum absolute atomic E-state index is 0. The summed E-state index contributed by atoms with van der Waals surface area (Å²) in [6.07, 6.45) is 3.43. The lowest BCUT2D eigenvalue weighted by atomic mass is 10.1. The molecule has 0 bridgehead atoms. The van der Waals surface area contributed by atoms with Crippen LogP contribution < -0.4 is 5.73 Å². The molecule has 7 heteroatoms. The maximum Gasteiger partial charge on any atom is 0.276 e. The quantitative estimate of drug-likeness (QED) is 0.915. The Balaban J connectivity index is 0.00000147. The number of hydrogen-bond donors (Lipinski definition) is 1. The largest absolute Gasteiger partial charge is 0.461 e. The average Bonchev–Trinajstić information content (AvgIpc) is 3.08. The summed E-state index contributed by atoms with van der Waals surface area (Å²) < 4.78 is 10.3. The Hall–Kier alpha value is -1.79. The highest BCUT2D eigenvalue weighted by Gasteiger charge is 2.25. The molecular formula is C13H16ClN3O3. The fourth-order valence-electron chi connectivity index (χ4n) is 2.27. The van der Waals surface area contributed by atoms with Crippen LogP contribution in [0.25, 0.3) is 11.5 Å². The summed E-state index contributed by atoms with van der Waals surface area (Å²) in [7, 11) is 0. The molecular weight excluding hydrogens is 282 g/mol. The Bertz CT molecular complexity index is 567. The van der Waals surface area contributed by atoms with Crippen molar-refractivity contribution >= 4 is 18.3 Å². The van der Waals surface area contributed by atoms with E-state index in [1.807, 2.05) is 0 Å². The zero-order valence-electron chi connectivity index (χ0n) is 10.8. The molecule has 0 saturated carbocycles. The van der Waals surface area contributed by atoms with Gasteiger partial charge in [-0.25, -0.2) is 0 Å². The number of amides is 1. The Labute approximate surface area is 122 Å². The molecule has 0 aromatic carbocycles. The number of carbonyl (C=O) groups is 1. The van der Waals surface area contributed by atoms with Crippen LogP contribution in [0.1, 0.15) is 23.3 Å². The first-order valence-corrected chi connectivity index (χ1v) is 6.29. The van der Waals surface area contributed by atoms with E-state index in [0.717, 1.165) is 19.4 Å². The van der Waals surface area contributed by atoms with Crippen LogP contribution in [0.4, 0.5) is 0 Å². The van der Waals surface area contributed by atoms with E-state index in [1.165, 1.54) is 0 Å². The molecule has 1 unspecified atom stereocenters. The van der Waals surface area contributed by atoms with Crippen LogP contribution in [0.3, 0.4) is 0 Å². The first kappa shape index (κ1) is 14.6.